The number of para-hydroxylation sites is 1. The second-order valence-electron chi connectivity index (χ2n) is 7.58. The van der Waals surface area contributed by atoms with Crippen LogP contribution in [-0.2, 0) is 11.8 Å². The maximum absolute atomic E-state index is 12.6. The summed E-state index contributed by atoms with van der Waals surface area (Å²) in [5.41, 5.74) is 8.82. The van der Waals surface area contributed by atoms with Gasteiger partial charge >= 0.3 is 0 Å². The molecule has 1 unspecified atom stereocenters. The van der Waals surface area contributed by atoms with E-state index in [2.05, 4.69) is 4.98 Å². The van der Waals surface area contributed by atoms with Crippen molar-refractivity contribution >= 4 is 22.6 Å². The van der Waals surface area contributed by atoms with Crippen molar-refractivity contribution < 1.29 is 4.79 Å². The molecule has 1 atom stereocenters. The van der Waals surface area contributed by atoms with E-state index in [0.717, 1.165) is 22.3 Å². The van der Waals surface area contributed by atoms with E-state index in [0.29, 0.717) is 11.2 Å². The number of hydrogen-bond donors (Lipinski definition) is 1. The normalized spacial score (nSPS) is 11.7. The van der Waals surface area contributed by atoms with Crippen LogP contribution in [0.1, 0.15) is 18.4 Å². The molecular formula is C26H24N4O2. The van der Waals surface area contributed by atoms with Gasteiger partial charge in [0.15, 0.2) is 0 Å². The number of primary amides is 1. The fourth-order valence-corrected chi connectivity index (χ4v) is 3.59. The van der Waals surface area contributed by atoms with Gasteiger partial charge < -0.3 is 10.3 Å². The SMILES string of the molecule is CC(C(N)=O)c1ccccc1.Cn1c(-c2ccccc2)cn2c(=O)c3ccccc3nc12. The molecule has 0 aliphatic heterocycles. The third kappa shape index (κ3) is 4.03. The standard InChI is InChI=1S/C17H13N3O.C9H11NO/c1-19-15(12-7-3-2-4-8-12)11-20-16(21)13-9-5-6-10-14(13)18-17(19)20;1-7(9(10)11)8-5-3-2-4-6-8/h2-11H,1H3;2-7H,1H3,(H2,10,11). The first-order valence-electron chi connectivity index (χ1n) is 10.3. The highest BCUT2D eigenvalue weighted by Crippen LogP contribution is 2.21. The number of benzene rings is 3. The predicted molar refractivity (Wildman–Crippen MR) is 127 cm³/mol. The number of nitrogens with two attached hydrogens (primary N) is 1. The lowest BCUT2D eigenvalue weighted by atomic mass is 10.0. The summed E-state index contributed by atoms with van der Waals surface area (Å²) in [6.07, 6.45) is 1.85. The molecule has 0 aliphatic rings. The van der Waals surface area contributed by atoms with E-state index in [-0.39, 0.29) is 17.4 Å². The first kappa shape index (κ1) is 21.1. The average molecular weight is 425 g/mol. The van der Waals surface area contributed by atoms with Crippen LogP contribution in [0.15, 0.2) is 95.9 Å². The zero-order chi connectivity index (χ0) is 22.7. The lowest BCUT2D eigenvalue weighted by Gasteiger charge is -2.05. The molecule has 0 radical (unpaired) electrons. The van der Waals surface area contributed by atoms with E-state index >= 15 is 0 Å². The van der Waals surface area contributed by atoms with Crippen LogP contribution in [0, 0.1) is 0 Å². The summed E-state index contributed by atoms with van der Waals surface area (Å²) in [7, 11) is 1.93. The van der Waals surface area contributed by atoms with Gasteiger partial charge in [-0.25, -0.2) is 4.98 Å². The fraction of sp³-hybridized carbons (Fsp3) is 0.115. The number of hydrogen-bond acceptors (Lipinski definition) is 3. The van der Waals surface area contributed by atoms with Gasteiger partial charge in [0, 0.05) is 13.2 Å². The highest BCUT2D eigenvalue weighted by atomic mass is 16.1. The third-order valence-electron chi connectivity index (χ3n) is 5.50. The zero-order valence-electron chi connectivity index (χ0n) is 18.0. The maximum Gasteiger partial charge on any atom is 0.266 e. The molecule has 3 aromatic carbocycles. The van der Waals surface area contributed by atoms with E-state index < -0.39 is 0 Å². The number of carbonyl (C=O) groups is 1. The Morgan fingerprint density at radius 2 is 1.50 bits per heavy atom. The van der Waals surface area contributed by atoms with Gasteiger partial charge in [-0.15, -0.1) is 0 Å². The Balaban J connectivity index is 0.000000189. The Bertz CT molecular complexity index is 1440. The molecule has 1 amide bonds. The smallest absolute Gasteiger partial charge is 0.266 e. The van der Waals surface area contributed by atoms with Crippen molar-refractivity contribution in [3.05, 3.63) is 107 Å². The summed E-state index contributed by atoms with van der Waals surface area (Å²) in [4.78, 5) is 27.9. The molecule has 2 heterocycles. The number of aromatic nitrogens is 3. The molecule has 0 fully saturated rings. The van der Waals surface area contributed by atoms with Crippen molar-refractivity contribution in [1.82, 2.24) is 14.0 Å². The molecule has 2 N–H and O–H groups in total. The van der Waals surface area contributed by atoms with Gasteiger partial charge in [0.1, 0.15) is 0 Å². The van der Waals surface area contributed by atoms with Crippen LogP contribution in [0.25, 0.3) is 27.9 Å². The Labute approximate surface area is 185 Å². The number of rotatable bonds is 3. The van der Waals surface area contributed by atoms with Crippen molar-refractivity contribution in [2.45, 2.75) is 12.8 Å². The third-order valence-corrected chi connectivity index (χ3v) is 5.50. The highest BCUT2D eigenvalue weighted by Gasteiger charge is 2.12. The number of carbonyl (C=O) groups excluding carboxylic acids is 1. The summed E-state index contributed by atoms with van der Waals surface area (Å²) in [6, 6.07) is 26.9. The van der Waals surface area contributed by atoms with E-state index in [9.17, 15) is 9.59 Å². The zero-order valence-corrected chi connectivity index (χ0v) is 18.0. The van der Waals surface area contributed by atoms with Gasteiger partial charge in [0.2, 0.25) is 11.7 Å². The van der Waals surface area contributed by atoms with Gasteiger partial charge in [-0.05, 0) is 30.2 Å². The van der Waals surface area contributed by atoms with Crippen LogP contribution in [0.3, 0.4) is 0 Å². The second kappa shape index (κ2) is 8.89. The lowest BCUT2D eigenvalue weighted by molar-refractivity contribution is -0.119. The van der Waals surface area contributed by atoms with Gasteiger partial charge in [-0.3, -0.25) is 14.0 Å². The lowest BCUT2D eigenvalue weighted by Crippen LogP contribution is -2.18. The quantitative estimate of drug-likeness (QED) is 0.473. The molecule has 0 bridgehead atoms. The van der Waals surface area contributed by atoms with Crippen molar-refractivity contribution in [2.24, 2.45) is 12.8 Å². The van der Waals surface area contributed by atoms with Crippen molar-refractivity contribution in [3.8, 4) is 11.3 Å². The summed E-state index contributed by atoms with van der Waals surface area (Å²) in [5.74, 6) is 0.185. The molecular weight excluding hydrogens is 400 g/mol. The minimum absolute atomic E-state index is 0.0339. The largest absolute Gasteiger partial charge is 0.369 e. The minimum Gasteiger partial charge on any atom is -0.369 e. The number of nitrogens with zero attached hydrogens (tertiary/aromatic N) is 3. The predicted octanol–water partition coefficient (Wildman–Crippen LogP) is 4.13. The topological polar surface area (TPSA) is 82.4 Å². The Morgan fingerprint density at radius 3 is 2.16 bits per heavy atom. The molecule has 32 heavy (non-hydrogen) atoms. The van der Waals surface area contributed by atoms with Gasteiger partial charge in [0.05, 0.1) is 22.5 Å². The summed E-state index contributed by atoms with van der Waals surface area (Å²) in [5, 5.41) is 0.639. The van der Waals surface area contributed by atoms with Crippen LogP contribution in [0.5, 0.6) is 0 Å². The molecule has 160 valence electrons. The second-order valence-corrected chi connectivity index (χ2v) is 7.58. The molecule has 5 aromatic rings. The maximum atomic E-state index is 12.6. The van der Waals surface area contributed by atoms with Crippen LogP contribution < -0.4 is 11.3 Å². The Hall–Kier alpha value is -4.19. The highest BCUT2D eigenvalue weighted by molar-refractivity contribution is 5.81. The van der Waals surface area contributed by atoms with Crippen molar-refractivity contribution in [2.75, 3.05) is 0 Å². The first-order chi connectivity index (χ1) is 15.5. The molecule has 0 saturated carbocycles. The minimum atomic E-state index is -0.281. The van der Waals surface area contributed by atoms with E-state index in [1.165, 1.54) is 0 Å². The summed E-state index contributed by atoms with van der Waals surface area (Å²) in [6.45, 7) is 1.80. The van der Waals surface area contributed by atoms with Crippen LogP contribution in [0.2, 0.25) is 0 Å². The number of aryl methyl sites for hydroxylation is 1. The van der Waals surface area contributed by atoms with Crippen LogP contribution >= 0.6 is 0 Å². The van der Waals surface area contributed by atoms with Gasteiger partial charge in [-0.2, -0.15) is 0 Å². The van der Waals surface area contributed by atoms with E-state index in [4.69, 9.17) is 5.73 Å². The van der Waals surface area contributed by atoms with E-state index in [1.807, 2.05) is 103 Å². The number of amides is 1. The first-order valence-corrected chi connectivity index (χ1v) is 10.3. The van der Waals surface area contributed by atoms with Crippen molar-refractivity contribution in [1.29, 1.82) is 0 Å². The summed E-state index contributed by atoms with van der Waals surface area (Å²) < 4.78 is 3.56. The van der Waals surface area contributed by atoms with Crippen molar-refractivity contribution in [3.63, 3.8) is 0 Å². The van der Waals surface area contributed by atoms with Gasteiger partial charge in [-0.1, -0.05) is 72.8 Å². The van der Waals surface area contributed by atoms with Gasteiger partial charge in [0.25, 0.3) is 5.56 Å². The molecule has 0 saturated heterocycles. The fourth-order valence-electron chi connectivity index (χ4n) is 3.59. The van der Waals surface area contributed by atoms with E-state index in [1.54, 1.807) is 11.3 Å². The molecule has 6 heteroatoms. The summed E-state index contributed by atoms with van der Waals surface area (Å²) >= 11 is 0. The van der Waals surface area contributed by atoms with Crippen LogP contribution in [-0.4, -0.2) is 19.9 Å². The molecule has 5 rings (SSSR count). The average Bonchev–Trinajstić information content (AvgIpc) is 3.17. The molecule has 6 nitrogen and oxygen atoms in total. The molecule has 0 aliphatic carbocycles. The molecule has 0 spiro atoms. The molecule has 2 aromatic heterocycles. The van der Waals surface area contributed by atoms with Crippen LogP contribution in [0.4, 0.5) is 0 Å². The monoisotopic (exact) mass is 424 g/mol. The number of fused-ring (bicyclic) bond motifs is 2. The Kier molecular flexibility index (Phi) is 5.85. The number of imidazole rings is 1. The Morgan fingerprint density at radius 1 is 0.906 bits per heavy atom.